The lowest BCUT2D eigenvalue weighted by molar-refractivity contribution is 0.0853. The van der Waals surface area contributed by atoms with Crippen LogP contribution >= 0.6 is 0 Å². The molecule has 1 aliphatic heterocycles. The molecule has 0 aromatic heterocycles. The van der Waals surface area contributed by atoms with Gasteiger partial charge in [-0.15, -0.1) is 0 Å². The van der Waals surface area contributed by atoms with Crippen molar-refractivity contribution in [3.8, 4) is 0 Å². The largest absolute Gasteiger partial charge is 0.306 e. The van der Waals surface area contributed by atoms with E-state index in [2.05, 4.69) is 0 Å². The minimum Gasteiger partial charge on any atom is -0.306 e. The monoisotopic (exact) mass is 147 g/mol. The lowest BCUT2D eigenvalue weighted by atomic mass is 10.1. The Morgan fingerprint density at radius 1 is 1.40 bits per heavy atom. The zero-order chi connectivity index (χ0) is 7.35. The van der Waals surface area contributed by atoms with Crippen LogP contribution in [0.1, 0.15) is 6.42 Å². The second kappa shape index (κ2) is 1.70. The first-order valence-electron chi connectivity index (χ1n) is 3.68. The van der Waals surface area contributed by atoms with Crippen LogP contribution in [0.4, 0.5) is 8.78 Å². The van der Waals surface area contributed by atoms with Crippen molar-refractivity contribution in [3.63, 3.8) is 0 Å². The minimum absolute atomic E-state index is 0.274. The van der Waals surface area contributed by atoms with Crippen molar-refractivity contribution in [2.75, 3.05) is 20.1 Å². The van der Waals surface area contributed by atoms with Crippen LogP contribution in [0.2, 0.25) is 0 Å². The molecule has 2 atom stereocenters. The standard InChI is InChI=1S/C7H11F2N/c1-10-3-2-5-6(4-10)7(5,8)9/h5-6H,2-4H2,1H3/t5-,6+/m1/s1. The van der Waals surface area contributed by atoms with Crippen molar-refractivity contribution < 1.29 is 8.78 Å². The van der Waals surface area contributed by atoms with Crippen molar-refractivity contribution in [1.29, 1.82) is 0 Å². The van der Waals surface area contributed by atoms with Gasteiger partial charge in [0.15, 0.2) is 0 Å². The van der Waals surface area contributed by atoms with Crippen molar-refractivity contribution in [2.24, 2.45) is 11.8 Å². The van der Waals surface area contributed by atoms with E-state index in [1.807, 2.05) is 11.9 Å². The van der Waals surface area contributed by atoms with E-state index in [9.17, 15) is 8.78 Å². The smallest absolute Gasteiger partial charge is 0.255 e. The highest BCUT2D eigenvalue weighted by Crippen LogP contribution is 2.58. The van der Waals surface area contributed by atoms with Gasteiger partial charge >= 0.3 is 0 Å². The molecule has 2 aliphatic rings. The predicted molar refractivity (Wildman–Crippen MR) is 34.0 cm³/mol. The molecule has 0 amide bonds. The molecular weight excluding hydrogens is 136 g/mol. The molecule has 1 nitrogen and oxygen atoms in total. The Balaban J connectivity index is 2.04. The van der Waals surface area contributed by atoms with Gasteiger partial charge in [0.05, 0.1) is 0 Å². The Morgan fingerprint density at radius 2 is 2.10 bits per heavy atom. The maximum atomic E-state index is 12.6. The van der Waals surface area contributed by atoms with Gasteiger partial charge in [-0.2, -0.15) is 0 Å². The summed E-state index contributed by atoms with van der Waals surface area (Å²) in [4.78, 5) is 1.99. The SMILES string of the molecule is CN1CC[C@@H]2[C@H](C1)C2(F)F. The molecule has 2 rings (SSSR count). The number of hydrogen-bond acceptors (Lipinski definition) is 1. The highest BCUT2D eigenvalue weighted by molar-refractivity contribution is 5.08. The highest BCUT2D eigenvalue weighted by atomic mass is 19.3. The molecule has 1 aliphatic carbocycles. The number of likely N-dealkylation sites (tertiary alicyclic amines) is 1. The fourth-order valence-electron chi connectivity index (χ4n) is 1.89. The number of alkyl halides is 2. The fraction of sp³-hybridized carbons (Fsp3) is 1.00. The molecule has 0 radical (unpaired) electrons. The zero-order valence-electron chi connectivity index (χ0n) is 5.98. The van der Waals surface area contributed by atoms with Crippen LogP contribution in [0.5, 0.6) is 0 Å². The molecule has 0 aromatic carbocycles. The van der Waals surface area contributed by atoms with Gasteiger partial charge in [-0.05, 0) is 20.0 Å². The van der Waals surface area contributed by atoms with E-state index >= 15 is 0 Å². The normalized spacial score (nSPS) is 44.7. The van der Waals surface area contributed by atoms with Crippen molar-refractivity contribution in [2.45, 2.75) is 12.3 Å². The van der Waals surface area contributed by atoms with Gasteiger partial charge < -0.3 is 4.90 Å². The van der Waals surface area contributed by atoms with Gasteiger partial charge in [-0.1, -0.05) is 0 Å². The zero-order valence-corrected chi connectivity index (χ0v) is 5.98. The third kappa shape index (κ3) is 0.698. The quantitative estimate of drug-likeness (QED) is 0.497. The highest BCUT2D eigenvalue weighted by Gasteiger charge is 2.68. The molecule has 3 heteroatoms. The average molecular weight is 147 g/mol. The first-order chi connectivity index (χ1) is 4.62. The van der Waals surface area contributed by atoms with E-state index in [0.717, 1.165) is 6.54 Å². The Labute approximate surface area is 59.0 Å². The molecule has 0 bridgehead atoms. The van der Waals surface area contributed by atoms with Crippen LogP contribution < -0.4 is 0 Å². The van der Waals surface area contributed by atoms with Gasteiger partial charge in [-0.25, -0.2) is 8.78 Å². The maximum Gasteiger partial charge on any atom is 0.255 e. The fourth-order valence-corrected chi connectivity index (χ4v) is 1.89. The van der Waals surface area contributed by atoms with Crippen LogP contribution in [0.15, 0.2) is 0 Å². The summed E-state index contributed by atoms with van der Waals surface area (Å²) in [5, 5.41) is 0. The summed E-state index contributed by atoms with van der Waals surface area (Å²) < 4.78 is 25.3. The summed E-state index contributed by atoms with van der Waals surface area (Å²) >= 11 is 0. The number of piperidine rings is 1. The average Bonchev–Trinajstić information content (AvgIpc) is 2.36. The van der Waals surface area contributed by atoms with Crippen LogP contribution in [-0.4, -0.2) is 31.0 Å². The molecule has 0 aromatic rings. The predicted octanol–water partition coefficient (Wildman–Crippen LogP) is 1.20. The van der Waals surface area contributed by atoms with E-state index in [4.69, 9.17) is 0 Å². The molecule has 0 spiro atoms. The number of halogens is 2. The summed E-state index contributed by atoms with van der Waals surface area (Å²) in [6.07, 6.45) is 0.689. The molecule has 0 unspecified atom stereocenters. The van der Waals surface area contributed by atoms with Crippen LogP contribution in [-0.2, 0) is 0 Å². The second-order valence-corrected chi connectivity index (χ2v) is 3.44. The molecule has 2 fully saturated rings. The van der Waals surface area contributed by atoms with E-state index in [1.54, 1.807) is 0 Å². The molecule has 10 heavy (non-hydrogen) atoms. The number of hydrogen-bond donors (Lipinski definition) is 0. The summed E-state index contributed by atoms with van der Waals surface area (Å²) in [5.41, 5.74) is 0. The van der Waals surface area contributed by atoms with Crippen LogP contribution in [0.25, 0.3) is 0 Å². The first kappa shape index (κ1) is 6.53. The number of rotatable bonds is 0. The lowest BCUT2D eigenvalue weighted by Gasteiger charge is -2.18. The maximum absolute atomic E-state index is 12.6. The first-order valence-corrected chi connectivity index (χ1v) is 3.68. The molecular formula is C7H11F2N. The Kier molecular flexibility index (Phi) is 1.11. The van der Waals surface area contributed by atoms with Crippen molar-refractivity contribution >= 4 is 0 Å². The van der Waals surface area contributed by atoms with Crippen LogP contribution in [0.3, 0.4) is 0 Å². The third-order valence-corrected chi connectivity index (χ3v) is 2.70. The summed E-state index contributed by atoms with van der Waals surface area (Å²) in [6.45, 7) is 1.44. The summed E-state index contributed by atoms with van der Waals surface area (Å²) in [7, 11) is 1.91. The van der Waals surface area contributed by atoms with Crippen molar-refractivity contribution in [1.82, 2.24) is 4.90 Å². The lowest BCUT2D eigenvalue weighted by Crippen LogP contribution is -2.27. The second-order valence-electron chi connectivity index (χ2n) is 3.44. The summed E-state index contributed by atoms with van der Waals surface area (Å²) in [6, 6.07) is 0. The van der Waals surface area contributed by atoms with E-state index in [1.165, 1.54) is 0 Å². The number of fused-ring (bicyclic) bond motifs is 1. The Hall–Kier alpha value is -0.180. The van der Waals surface area contributed by atoms with Gasteiger partial charge in [-0.3, -0.25) is 0 Å². The van der Waals surface area contributed by atoms with Gasteiger partial charge in [0.2, 0.25) is 0 Å². The third-order valence-electron chi connectivity index (χ3n) is 2.70. The van der Waals surface area contributed by atoms with E-state index in [-0.39, 0.29) is 11.8 Å². The van der Waals surface area contributed by atoms with Crippen LogP contribution in [0, 0.1) is 11.8 Å². The number of nitrogens with zero attached hydrogens (tertiary/aromatic N) is 1. The van der Waals surface area contributed by atoms with Crippen molar-refractivity contribution in [3.05, 3.63) is 0 Å². The molecule has 1 heterocycles. The summed E-state index contributed by atoms with van der Waals surface area (Å²) in [5.74, 6) is -2.90. The molecule has 58 valence electrons. The van der Waals surface area contributed by atoms with Gasteiger partial charge in [0.1, 0.15) is 0 Å². The Morgan fingerprint density at radius 3 is 2.60 bits per heavy atom. The van der Waals surface area contributed by atoms with Gasteiger partial charge in [0, 0.05) is 18.4 Å². The molecule has 1 saturated carbocycles. The van der Waals surface area contributed by atoms with Gasteiger partial charge in [0.25, 0.3) is 5.92 Å². The topological polar surface area (TPSA) is 3.24 Å². The molecule has 1 saturated heterocycles. The Bertz CT molecular complexity index is 158. The van der Waals surface area contributed by atoms with E-state index in [0.29, 0.717) is 13.0 Å². The molecule has 0 N–H and O–H groups in total. The minimum atomic E-state index is -2.31. The van der Waals surface area contributed by atoms with E-state index < -0.39 is 5.92 Å².